The van der Waals surface area contributed by atoms with E-state index >= 15 is 0 Å². The van der Waals surface area contributed by atoms with Gasteiger partial charge in [-0.1, -0.05) is 11.6 Å². The van der Waals surface area contributed by atoms with Crippen LogP contribution in [0.1, 0.15) is 25.2 Å². The van der Waals surface area contributed by atoms with E-state index < -0.39 is 6.10 Å². The lowest BCUT2D eigenvalue weighted by molar-refractivity contribution is -0.137. The molecule has 124 valence electrons. The van der Waals surface area contributed by atoms with E-state index in [2.05, 4.69) is 4.98 Å². The average molecular weight is 336 g/mol. The third-order valence-electron chi connectivity index (χ3n) is 3.69. The zero-order valence-corrected chi connectivity index (χ0v) is 14.7. The van der Waals surface area contributed by atoms with Gasteiger partial charge in [-0.25, -0.2) is 4.98 Å². The molecule has 1 amide bonds. The maximum atomic E-state index is 12.5. The van der Waals surface area contributed by atoms with Gasteiger partial charge in [-0.15, -0.1) is 0 Å². The highest BCUT2D eigenvalue weighted by molar-refractivity contribution is 6.30. The van der Waals surface area contributed by atoms with E-state index in [0.29, 0.717) is 17.3 Å². The molecule has 0 radical (unpaired) electrons. The Morgan fingerprint density at radius 1 is 1.48 bits per heavy atom. The van der Waals surface area contributed by atoms with E-state index in [-0.39, 0.29) is 5.91 Å². The number of hydrogen-bond acceptors (Lipinski definition) is 3. The van der Waals surface area contributed by atoms with Gasteiger partial charge >= 0.3 is 0 Å². The van der Waals surface area contributed by atoms with Crippen LogP contribution in [0.2, 0.25) is 5.02 Å². The Labute approximate surface area is 141 Å². The predicted octanol–water partition coefficient (Wildman–Crippen LogP) is 3.29. The molecule has 6 heteroatoms. The molecule has 0 aliphatic heterocycles. The largest absolute Gasteiger partial charge is 0.481 e. The quantitative estimate of drug-likeness (QED) is 0.813. The number of rotatable bonds is 6. The molecule has 23 heavy (non-hydrogen) atoms. The van der Waals surface area contributed by atoms with Gasteiger partial charge in [-0.3, -0.25) is 4.79 Å². The smallest absolute Gasteiger partial charge is 0.263 e. The molecule has 0 aliphatic rings. The Balaban J connectivity index is 2.01. The number of aryl methyl sites for hydroxylation is 2. The fraction of sp³-hybridized carbons (Fsp3) is 0.412. The first-order valence-corrected chi connectivity index (χ1v) is 7.98. The van der Waals surface area contributed by atoms with Gasteiger partial charge < -0.3 is 14.2 Å². The Hall–Kier alpha value is -2.01. The Morgan fingerprint density at radius 3 is 2.87 bits per heavy atom. The number of amides is 1. The van der Waals surface area contributed by atoms with Gasteiger partial charge in [0, 0.05) is 31.0 Å². The van der Waals surface area contributed by atoms with Crippen molar-refractivity contribution in [2.24, 2.45) is 0 Å². The molecule has 0 unspecified atom stereocenters. The van der Waals surface area contributed by atoms with Crippen molar-refractivity contribution in [1.82, 2.24) is 14.5 Å². The van der Waals surface area contributed by atoms with Gasteiger partial charge in [0.05, 0.1) is 6.54 Å². The molecule has 2 aromatic rings. The number of ether oxygens (including phenoxy) is 1. The first-order valence-electron chi connectivity index (χ1n) is 7.60. The number of imidazole rings is 1. The van der Waals surface area contributed by atoms with Crippen LogP contribution < -0.4 is 4.74 Å². The highest BCUT2D eigenvalue weighted by Crippen LogP contribution is 2.23. The Bertz CT molecular complexity index is 684. The van der Waals surface area contributed by atoms with Crippen molar-refractivity contribution in [3.05, 3.63) is 47.0 Å². The molecule has 0 spiro atoms. The molecule has 0 saturated heterocycles. The molecule has 1 aromatic heterocycles. The van der Waals surface area contributed by atoms with Gasteiger partial charge in [0.25, 0.3) is 5.91 Å². The van der Waals surface area contributed by atoms with Gasteiger partial charge in [0.15, 0.2) is 6.10 Å². The maximum absolute atomic E-state index is 12.5. The summed E-state index contributed by atoms with van der Waals surface area (Å²) >= 11 is 5.93. The number of benzene rings is 1. The van der Waals surface area contributed by atoms with Crippen LogP contribution in [0.25, 0.3) is 0 Å². The monoisotopic (exact) mass is 335 g/mol. The van der Waals surface area contributed by atoms with Crippen molar-refractivity contribution in [2.45, 2.75) is 40.0 Å². The van der Waals surface area contributed by atoms with E-state index in [1.54, 1.807) is 37.2 Å². The molecule has 0 aliphatic carbocycles. The second kappa shape index (κ2) is 7.51. The highest BCUT2D eigenvalue weighted by atomic mass is 35.5. The summed E-state index contributed by atoms with van der Waals surface area (Å²) in [6.45, 7) is 6.97. The molecule has 0 saturated carbocycles. The highest BCUT2D eigenvalue weighted by Gasteiger charge is 2.21. The normalized spacial score (nSPS) is 12.0. The summed E-state index contributed by atoms with van der Waals surface area (Å²) in [6, 6.07) is 5.35. The fourth-order valence-electron chi connectivity index (χ4n) is 2.37. The van der Waals surface area contributed by atoms with E-state index in [4.69, 9.17) is 16.3 Å². The number of nitrogens with zero attached hydrogens (tertiary/aromatic N) is 3. The predicted molar refractivity (Wildman–Crippen MR) is 90.7 cm³/mol. The van der Waals surface area contributed by atoms with Crippen LogP contribution in [0.3, 0.4) is 0 Å². The number of halogens is 1. The van der Waals surface area contributed by atoms with E-state index in [9.17, 15) is 4.79 Å². The summed E-state index contributed by atoms with van der Waals surface area (Å²) in [6.07, 6.45) is 3.07. The van der Waals surface area contributed by atoms with E-state index in [0.717, 1.165) is 17.9 Å². The van der Waals surface area contributed by atoms with Crippen molar-refractivity contribution < 1.29 is 9.53 Å². The van der Waals surface area contributed by atoms with Crippen LogP contribution in [0.5, 0.6) is 5.75 Å². The number of carbonyl (C=O) groups excluding carboxylic acids is 1. The molecule has 0 N–H and O–H groups in total. The minimum absolute atomic E-state index is 0.0926. The summed E-state index contributed by atoms with van der Waals surface area (Å²) in [4.78, 5) is 18.4. The zero-order chi connectivity index (χ0) is 17.0. The Kier molecular flexibility index (Phi) is 5.66. The second-order valence-corrected chi connectivity index (χ2v) is 5.93. The van der Waals surface area contributed by atoms with Crippen molar-refractivity contribution >= 4 is 17.5 Å². The molecule has 1 heterocycles. The molecule has 1 atom stereocenters. The van der Waals surface area contributed by atoms with Gasteiger partial charge in [-0.05, 0) is 44.5 Å². The van der Waals surface area contributed by atoms with Crippen LogP contribution >= 0.6 is 11.6 Å². The van der Waals surface area contributed by atoms with Crippen LogP contribution in [-0.2, 0) is 17.9 Å². The van der Waals surface area contributed by atoms with Crippen molar-refractivity contribution in [3.63, 3.8) is 0 Å². The first kappa shape index (κ1) is 17.3. The summed E-state index contributed by atoms with van der Waals surface area (Å²) in [7, 11) is 1.76. The summed E-state index contributed by atoms with van der Waals surface area (Å²) in [5, 5.41) is 0.650. The molecule has 0 fully saturated rings. The molecule has 5 nitrogen and oxygen atoms in total. The minimum Gasteiger partial charge on any atom is -0.481 e. The Morgan fingerprint density at radius 2 is 2.22 bits per heavy atom. The van der Waals surface area contributed by atoms with Crippen molar-refractivity contribution in [2.75, 3.05) is 7.05 Å². The topological polar surface area (TPSA) is 47.4 Å². The lowest BCUT2D eigenvalue weighted by atomic mass is 10.2. The summed E-state index contributed by atoms with van der Waals surface area (Å²) in [5.74, 6) is 1.43. The van der Waals surface area contributed by atoms with Crippen LogP contribution in [0, 0.1) is 6.92 Å². The van der Waals surface area contributed by atoms with Gasteiger partial charge in [-0.2, -0.15) is 0 Å². The van der Waals surface area contributed by atoms with Gasteiger partial charge in [0.2, 0.25) is 0 Å². The zero-order valence-electron chi connectivity index (χ0n) is 13.9. The third-order valence-corrected chi connectivity index (χ3v) is 3.92. The van der Waals surface area contributed by atoms with Gasteiger partial charge in [0.1, 0.15) is 11.6 Å². The number of carbonyl (C=O) groups is 1. The molecular weight excluding hydrogens is 314 g/mol. The SMILES string of the molecule is CCn1ccnc1CN(C)C(=O)[C@@H](C)Oc1ccc(Cl)cc1C. The van der Waals surface area contributed by atoms with Crippen molar-refractivity contribution in [1.29, 1.82) is 0 Å². The maximum Gasteiger partial charge on any atom is 0.263 e. The first-order chi connectivity index (χ1) is 10.9. The number of likely N-dealkylation sites (N-methyl/N-ethyl adjacent to an activating group) is 1. The summed E-state index contributed by atoms with van der Waals surface area (Å²) in [5.41, 5.74) is 0.904. The lowest BCUT2D eigenvalue weighted by Crippen LogP contribution is -2.38. The second-order valence-electron chi connectivity index (χ2n) is 5.49. The molecular formula is C17H22ClN3O2. The van der Waals surface area contributed by atoms with Crippen LogP contribution in [0.15, 0.2) is 30.6 Å². The standard InChI is InChI=1S/C17H22ClN3O2/c1-5-21-9-8-19-16(21)11-20(4)17(22)13(3)23-15-7-6-14(18)10-12(15)2/h6-10,13H,5,11H2,1-4H3/t13-/m1/s1. The lowest BCUT2D eigenvalue weighted by Gasteiger charge is -2.22. The van der Waals surface area contributed by atoms with E-state index in [1.165, 1.54) is 0 Å². The van der Waals surface area contributed by atoms with Crippen molar-refractivity contribution in [3.8, 4) is 5.75 Å². The van der Waals surface area contributed by atoms with E-state index in [1.807, 2.05) is 30.7 Å². The van der Waals surface area contributed by atoms with Crippen LogP contribution in [-0.4, -0.2) is 33.5 Å². The molecule has 2 rings (SSSR count). The molecule has 0 bridgehead atoms. The minimum atomic E-state index is -0.579. The number of aromatic nitrogens is 2. The fourth-order valence-corrected chi connectivity index (χ4v) is 2.59. The number of hydrogen-bond donors (Lipinski definition) is 0. The third kappa shape index (κ3) is 4.26. The average Bonchev–Trinajstić information content (AvgIpc) is 2.96. The van der Waals surface area contributed by atoms with Crippen LogP contribution in [0.4, 0.5) is 0 Å². The molecule has 1 aromatic carbocycles. The summed E-state index contributed by atoms with van der Waals surface area (Å²) < 4.78 is 7.79.